The predicted octanol–water partition coefficient (Wildman–Crippen LogP) is 3.40. The van der Waals surface area contributed by atoms with Crippen molar-refractivity contribution in [1.82, 2.24) is 0 Å². The highest BCUT2D eigenvalue weighted by Crippen LogP contribution is 2.65. The Morgan fingerprint density at radius 2 is 1.87 bits per heavy atom. The molecule has 0 radical (unpaired) electrons. The van der Waals surface area contributed by atoms with Gasteiger partial charge < -0.3 is 0 Å². The molecule has 0 N–H and O–H groups in total. The third kappa shape index (κ3) is 1.39. The molecular weight excluding hydrogens is 208 g/mol. The number of alkyl halides is 1. The molecule has 4 aliphatic carbocycles. The van der Waals surface area contributed by atoms with Crippen LogP contribution < -0.4 is 0 Å². The smallest absolute Gasteiger partial charge is 0.153 e. The van der Waals surface area contributed by atoms with Gasteiger partial charge in [-0.1, -0.05) is 6.92 Å². The summed E-state index contributed by atoms with van der Waals surface area (Å²) in [5.74, 6) is 2.21. The summed E-state index contributed by atoms with van der Waals surface area (Å²) in [6, 6.07) is 0. The zero-order valence-electron chi connectivity index (χ0n) is 9.39. The minimum absolute atomic E-state index is 0.000579. The van der Waals surface area contributed by atoms with Crippen molar-refractivity contribution in [2.24, 2.45) is 22.7 Å². The summed E-state index contributed by atoms with van der Waals surface area (Å²) in [6.45, 7) is 2.39. The zero-order chi connectivity index (χ0) is 10.7. The lowest BCUT2D eigenvalue weighted by molar-refractivity contribution is -0.150. The molecule has 84 valence electrons. The number of Topliss-reactive ketones (excluding diaryl/α,β-unsaturated/α-hetero) is 1. The van der Waals surface area contributed by atoms with Crippen LogP contribution in [0.4, 0.5) is 0 Å². The van der Waals surface area contributed by atoms with Gasteiger partial charge in [0.1, 0.15) is 0 Å². The van der Waals surface area contributed by atoms with Crippen molar-refractivity contribution >= 4 is 17.4 Å². The molecule has 2 atom stereocenters. The molecule has 0 amide bonds. The predicted molar refractivity (Wildman–Crippen MR) is 60.9 cm³/mol. The van der Waals surface area contributed by atoms with Gasteiger partial charge in [-0.05, 0) is 55.8 Å². The molecule has 4 aliphatic rings. The maximum absolute atomic E-state index is 12.1. The lowest BCUT2D eigenvalue weighted by atomic mass is 9.44. The zero-order valence-corrected chi connectivity index (χ0v) is 10.1. The first-order chi connectivity index (χ1) is 7.05. The lowest BCUT2D eigenvalue weighted by Gasteiger charge is -2.60. The van der Waals surface area contributed by atoms with Gasteiger partial charge in [0, 0.05) is 5.41 Å². The van der Waals surface area contributed by atoms with Crippen molar-refractivity contribution in [1.29, 1.82) is 0 Å². The van der Waals surface area contributed by atoms with Crippen molar-refractivity contribution in [3.05, 3.63) is 0 Å². The Morgan fingerprint density at radius 1 is 1.27 bits per heavy atom. The van der Waals surface area contributed by atoms with Crippen LogP contribution in [-0.4, -0.2) is 11.7 Å². The second-order valence-electron chi connectivity index (χ2n) is 6.61. The van der Waals surface area contributed by atoms with E-state index in [2.05, 4.69) is 6.92 Å². The van der Waals surface area contributed by atoms with Gasteiger partial charge in [-0.2, -0.15) is 0 Å². The summed E-state index contributed by atoms with van der Waals surface area (Å²) in [7, 11) is 0. The normalized spacial score (nSPS) is 52.1. The summed E-state index contributed by atoms with van der Waals surface area (Å²) in [4.78, 5) is 12.1. The number of halogens is 1. The number of carbonyl (C=O) groups is 1. The van der Waals surface area contributed by atoms with Gasteiger partial charge >= 0.3 is 0 Å². The van der Waals surface area contributed by atoms with Crippen molar-refractivity contribution in [3.63, 3.8) is 0 Å². The Bertz CT molecular complexity index is 296. The Kier molecular flexibility index (Phi) is 2.03. The van der Waals surface area contributed by atoms with Crippen LogP contribution in [-0.2, 0) is 4.79 Å². The van der Waals surface area contributed by atoms with E-state index >= 15 is 0 Å². The summed E-state index contributed by atoms with van der Waals surface area (Å²) in [5, 5.41) is 0. The van der Waals surface area contributed by atoms with E-state index in [1.54, 1.807) is 0 Å². The SMILES string of the molecule is CC12CC3CC(C1)CC(C(=O)CCl)(C3)C2. The molecule has 15 heavy (non-hydrogen) atoms. The van der Waals surface area contributed by atoms with Gasteiger partial charge in [0.25, 0.3) is 0 Å². The van der Waals surface area contributed by atoms with Gasteiger partial charge in [-0.15, -0.1) is 11.6 Å². The molecule has 2 unspecified atom stereocenters. The Balaban J connectivity index is 1.96. The Morgan fingerprint density at radius 3 is 2.33 bits per heavy atom. The minimum Gasteiger partial charge on any atom is -0.298 e. The van der Waals surface area contributed by atoms with Crippen molar-refractivity contribution in [2.75, 3.05) is 5.88 Å². The first-order valence-electron chi connectivity index (χ1n) is 6.15. The number of hydrogen-bond donors (Lipinski definition) is 0. The van der Waals surface area contributed by atoms with Gasteiger partial charge in [0.05, 0.1) is 5.88 Å². The molecule has 4 fully saturated rings. The molecule has 0 saturated heterocycles. The van der Waals surface area contributed by atoms with Crippen LogP contribution in [0.2, 0.25) is 0 Å². The van der Waals surface area contributed by atoms with E-state index in [9.17, 15) is 4.79 Å². The van der Waals surface area contributed by atoms with Gasteiger partial charge in [-0.3, -0.25) is 4.79 Å². The summed E-state index contributed by atoms with van der Waals surface area (Å²) >= 11 is 5.78. The number of rotatable bonds is 2. The topological polar surface area (TPSA) is 17.1 Å². The number of ketones is 1. The monoisotopic (exact) mass is 226 g/mol. The van der Waals surface area contributed by atoms with Crippen LogP contribution >= 0.6 is 11.6 Å². The fraction of sp³-hybridized carbons (Fsp3) is 0.923. The second-order valence-corrected chi connectivity index (χ2v) is 6.88. The molecule has 0 aromatic heterocycles. The molecule has 0 aromatic rings. The molecule has 0 aliphatic heterocycles. The van der Waals surface area contributed by atoms with Crippen molar-refractivity contribution in [3.8, 4) is 0 Å². The molecule has 2 heteroatoms. The third-order valence-corrected chi connectivity index (χ3v) is 5.31. The van der Waals surface area contributed by atoms with Crippen LogP contribution in [0.1, 0.15) is 45.4 Å². The van der Waals surface area contributed by atoms with Gasteiger partial charge in [0.15, 0.2) is 5.78 Å². The summed E-state index contributed by atoms with van der Waals surface area (Å²) in [5.41, 5.74) is 0.465. The summed E-state index contributed by atoms with van der Waals surface area (Å²) in [6.07, 6.45) is 7.52. The highest BCUT2D eigenvalue weighted by Gasteiger charge is 2.58. The number of hydrogen-bond acceptors (Lipinski definition) is 1. The molecule has 0 spiro atoms. The molecular formula is C13H19ClO. The van der Waals surface area contributed by atoms with Crippen molar-refractivity contribution in [2.45, 2.75) is 45.4 Å². The lowest BCUT2D eigenvalue weighted by Crippen LogP contribution is -2.54. The van der Waals surface area contributed by atoms with E-state index in [1.165, 1.54) is 19.3 Å². The average Bonchev–Trinajstić information content (AvgIpc) is 2.12. The first-order valence-corrected chi connectivity index (χ1v) is 6.68. The second kappa shape index (κ2) is 3.00. The average molecular weight is 227 g/mol. The molecule has 4 bridgehead atoms. The Hall–Kier alpha value is -0.0400. The van der Waals surface area contributed by atoms with Crippen LogP contribution in [0.3, 0.4) is 0 Å². The largest absolute Gasteiger partial charge is 0.298 e. The minimum atomic E-state index is 0.000579. The van der Waals surface area contributed by atoms with E-state index in [0.717, 1.165) is 31.1 Å². The quantitative estimate of drug-likeness (QED) is 0.660. The third-order valence-electron chi connectivity index (χ3n) is 5.07. The molecule has 1 nitrogen and oxygen atoms in total. The standard InChI is InChI=1S/C13H19ClO/c1-12-3-9-2-10(4-12)6-13(5-9,8-12)11(15)7-14/h9-10H,2-8H2,1H3. The molecule has 0 aromatic carbocycles. The number of carbonyl (C=O) groups excluding carboxylic acids is 1. The Labute approximate surface area is 96.6 Å². The van der Waals surface area contributed by atoms with Gasteiger partial charge in [0.2, 0.25) is 0 Å². The van der Waals surface area contributed by atoms with E-state index in [-0.39, 0.29) is 11.3 Å². The van der Waals surface area contributed by atoms with E-state index < -0.39 is 0 Å². The van der Waals surface area contributed by atoms with E-state index in [1.807, 2.05) is 0 Å². The maximum atomic E-state index is 12.1. The summed E-state index contributed by atoms with van der Waals surface area (Å²) < 4.78 is 0. The highest BCUT2D eigenvalue weighted by atomic mass is 35.5. The van der Waals surface area contributed by atoms with Crippen LogP contribution in [0, 0.1) is 22.7 Å². The molecule has 4 saturated carbocycles. The van der Waals surface area contributed by atoms with E-state index in [0.29, 0.717) is 11.2 Å². The first kappa shape index (κ1) is 10.1. The van der Waals surface area contributed by atoms with Crippen LogP contribution in [0.15, 0.2) is 0 Å². The van der Waals surface area contributed by atoms with Crippen LogP contribution in [0.5, 0.6) is 0 Å². The van der Waals surface area contributed by atoms with Crippen LogP contribution in [0.25, 0.3) is 0 Å². The fourth-order valence-electron chi connectivity index (χ4n) is 5.19. The maximum Gasteiger partial charge on any atom is 0.153 e. The highest BCUT2D eigenvalue weighted by molar-refractivity contribution is 6.28. The molecule has 0 heterocycles. The van der Waals surface area contributed by atoms with Crippen molar-refractivity contribution < 1.29 is 4.79 Å². The fourth-order valence-corrected chi connectivity index (χ4v) is 5.47. The molecule has 4 rings (SSSR count). The van der Waals surface area contributed by atoms with E-state index in [4.69, 9.17) is 11.6 Å². The van der Waals surface area contributed by atoms with Gasteiger partial charge in [-0.25, -0.2) is 0 Å².